The van der Waals surface area contributed by atoms with Crippen LogP contribution in [0.5, 0.6) is 5.75 Å². The van der Waals surface area contributed by atoms with Gasteiger partial charge in [-0.05, 0) is 29.6 Å². The van der Waals surface area contributed by atoms with Crippen molar-refractivity contribution < 1.29 is 9.47 Å². The van der Waals surface area contributed by atoms with Gasteiger partial charge >= 0.3 is 0 Å². The molecule has 10 heteroatoms. The lowest BCUT2D eigenvalue weighted by Gasteiger charge is -2.48. The Balaban J connectivity index is 2.87. The summed E-state index contributed by atoms with van der Waals surface area (Å²) >= 11 is 3.26. The summed E-state index contributed by atoms with van der Waals surface area (Å²) in [6, 6.07) is 6.60. The van der Waals surface area contributed by atoms with Crippen LogP contribution >= 0.6 is 15.9 Å². The molecule has 0 fully saturated rings. The maximum absolute atomic E-state index is 5.67. The first-order valence-corrected chi connectivity index (χ1v) is 5.89. The number of rotatable bonds is 5. The van der Waals surface area contributed by atoms with Crippen LogP contribution in [0.25, 0.3) is 0 Å². The van der Waals surface area contributed by atoms with Crippen molar-refractivity contribution in [2.75, 3.05) is 0 Å². The topological polar surface area (TPSA) is 18.5 Å². The van der Waals surface area contributed by atoms with E-state index in [-0.39, 0.29) is 0 Å². The molecule has 19 heavy (non-hydrogen) atoms. The van der Waals surface area contributed by atoms with E-state index in [1.54, 1.807) is 24.3 Å². The SMILES string of the molecule is [B]C([B])([B])OC([B])([B])C([B])([B])Oc1ccc(Br)cc1. The Labute approximate surface area is 131 Å². The summed E-state index contributed by atoms with van der Waals surface area (Å²) in [5.74, 6) is 0.314. The van der Waals surface area contributed by atoms with Crippen molar-refractivity contribution in [3.8, 4) is 5.75 Å². The first kappa shape index (κ1) is 17.0. The fourth-order valence-corrected chi connectivity index (χ4v) is 1.41. The quantitative estimate of drug-likeness (QED) is 0.646. The molecule has 0 aliphatic rings. The predicted octanol–water partition coefficient (Wildman–Crippen LogP) is -1.06. The molecule has 1 aromatic rings. The van der Waals surface area contributed by atoms with Crippen LogP contribution < -0.4 is 4.74 Å². The van der Waals surface area contributed by atoms with Crippen molar-refractivity contribution >= 4 is 70.9 Å². The summed E-state index contributed by atoms with van der Waals surface area (Å²) in [4.78, 5) is 0. The van der Waals surface area contributed by atoms with Crippen molar-refractivity contribution in [1.82, 2.24) is 0 Å². The third kappa shape index (κ3) is 5.07. The van der Waals surface area contributed by atoms with Crippen molar-refractivity contribution in [2.24, 2.45) is 0 Å². The lowest BCUT2D eigenvalue weighted by Crippen LogP contribution is -2.65. The lowest BCUT2D eigenvalue weighted by molar-refractivity contribution is 0.00241. The van der Waals surface area contributed by atoms with Gasteiger partial charge in [0, 0.05) is 15.3 Å². The van der Waals surface area contributed by atoms with Gasteiger partial charge in [0.15, 0.2) is 0 Å². The van der Waals surface area contributed by atoms with Gasteiger partial charge in [0.05, 0.1) is 23.5 Å². The molecule has 0 aromatic heterocycles. The highest BCUT2D eigenvalue weighted by atomic mass is 79.9. The predicted molar refractivity (Wildman–Crippen MR) is 84.3 cm³/mol. The van der Waals surface area contributed by atoms with Gasteiger partial charge in [-0.3, -0.25) is 0 Å². The molecule has 1 aromatic carbocycles. The number of ether oxygens (including phenoxy) is 2. The Hall–Kier alpha value is -0.0855. The van der Waals surface area contributed by atoms with Crippen LogP contribution in [0.2, 0.25) is 0 Å². The van der Waals surface area contributed by atoms with Crippen LogP contribution in [0.3, 0.4) is 0 Å². The van der Waals surface area contributed by atoms with Gasteiger partial charge in [-0.1, -0.05) is 15.9 Å². The van der Waals surface area contributed by atoms with Gasteiger partial charge in [0.25, 0.3) is 0 Å². The van der Waals surface area contributed by atoms with Crippen molar-refractivity contribution in [3.05, 3.63) is 28.7 Å². The summed E-state index contributed by atoms with van der Waals surface area (Å²) in [5.41, 5.74) is 0. The summed E-state index contributed by atoms with van der Waals surface area (Å²) in [7, 11) is 38.2. The molecule has 1 rings (SSSR count). The van der Waals surface area contributed by atoms with Gasteiger partial charge in [-0.25, -0.2) is 0 Å². The molecule has 0 aliphatic carbocycles. The minimum Gasteiger partial charge on any atom is -0.506 e. The maximum atomic E-state index is 5.67. The molecule has 0 bridgehead atoms. The zero-order valence-electron chi connectivity index (χ0n) is 10.0. The van der Waals surface area contributed by atoms with E-state index in [1.807, 2.05) is 0 Å². The maximum Gasteiger partial charge on any atom is 0.118 e. The van der Waals surface area contributed by atoms with E-state index in [1.165, 1.54) is 0 Å². The Bertz CT molecular complexity index is 429. The lowest BCUT2D eigenvalue weighted by atomic mass is 9.40. The molecule has 0 N–H and O–H groups in total. The fraction of sp³-hybridized carbons (Fsp3) is 0.333. The highest BCUT2D eigenvalue weighted by molar-refractivity contribution is 9.10. The van der Waals surface area contributed by atoms with Crippen molar-refractivity contribution in [1.29, 1.82) is 0 Å². The minimum atomic E-state index is -2.22. The van der Waals surface area contributed by atoms with Crippen LogP contribution in [0.1, 0.15) is 0 Å². The van der Waals surface area contributed by atoms with E-state index >= 15 is 0 Å². The van der Waals surface area contributed by atoms with E-state index in [4.69, 9.17) is 64.4 Å². The first-order chi connectivity index (χ1) is 8.43. The van der Waals surface area contributed by atoms with Crippen LogP contribution in [0.15, 0.2) is 28.7 Å². The average molecular weight is 300 g/mol. The molecule has 2 nitrogen and oxygen atoms in total. The highest BCUT2D eigenvalue weighted by Crippen LogP contribution is 2.25. The van der Waals surface area contributed by atoms with Gasteiger partial charge in [-0.2, -0.15) is 0 Å². The molecular weight excluding hydrogens is 296 g/mol. The summed E-state index contributed by atoms with van der Waals surface area (Å²) in [5, 5.41) is -6.46. The molecule has 0 aliphatic heterocycles. The normalized spacial score (nSPS) is 13.1. The molecule has 0 unspecified atom stereocenters. The van der Waals surface area contributed by atoms with E-state index in [2.05, 4.69) is 15.9 Å². The second-order valence-electron chi connectivity index (χ2n) is 4.10. The monoisotopic (exact) mass is 300 g/mol. The number of hydrogen-bond acceptors (Lipinski definition) is 2. The molecule has 0 atom stereocenters. The fourth-order valence-electron chi connectivity index (χ4n) is 1.15. The molecule has 80 valence electrons. The number of benzene rings is 1. The van der Waals surface area contributed by atoms with Crippen LogP contribution in [-0.4, -0.2) is 71.0 Å². The zero-order valence-corrected chi connectivity index (χ0v) is 11.6. The molecule has 0 saturated carbocycles. The molecule has 0 amide bonds. The number of hydrogen-bond donors (Lipinski definition) is 0. The third-order valence-corrected chi connectivity index (χ3v) is 2.59. The van der Waals surface area contributed by atoms with Gasteiger partial charge in [0.1, 0.15) is 37.1 Å². The third-order valence-electron chi connectivity index (χ3n) is 2.06. The highest BCUT2D eigenvalue weighted by Gasteiger charge is 2.39. The second-order valence-corrected chi connectivity index (χ2v) is 5.01. The minimum absolute atomic E-state index is 0.314. The van der Waals surface area contributed by atoms with Crippen LogP contribution in [0, 0.1) is 0 Å². The van der Waals surface area contributed by atoms with E-state index in [0.29, 0.717) is 5.75 Å². The molecule has 0 heterocycles. The zero-order chi connectivity index (χ0) is 14.9. The molecular formula is C9H4B7BrO2. The second kappa shape index (κ2) is 5.73. The molecule has 0 spiro atoms. The Morgan fingerprint density at radius 2 is 1.26 bits per heavy atom. The Kier molecular flexibility index (Phi) is 5.11. The smallest absolute Gasteiger partial charge is 0.118 e. The number of halogens is 1. The Morgan fingerprint density at radius 1 is 0.789 bits per heavy atom. The van der Waals surface area contributed by atoms with Crippen molar-refractivity contribution in [3.63, 3.8) is 0 Å². The summed E-state index contributed by atoms with van der Waals surface area (Å²) in [6.07, 6.45) is 0. The average Bonchev–Trinajstić information content (AvgIpc) is 2.17. The van der Waals surface area contributed by atoms with E-state index in [0.717, 1.165) is 4.47 Å². The molecule has 0 saturated heterocycles. The van der Waals surface area contributed by atoms with Crippen LogP contribution in [0.4, 0.5) is 0 Å². The molecule has 14 radical (unpaired) electrons. The standard InChI is InChI=1S/C9H4B7BrO2/c10-7(11,8(12,13)19-9(14,15)16)18-6-3-1-5(17)2-4-6/h1-4H. The van der Waals surface area contributed by atoms with Crippen molar-refractivity contribution in [2.45, 2.75) is 16.1 Å². The first-order valence-electron chi connectivity index (χ1n) is 5.10. The Morgan fingerprint density at radius 3 is 1.68 bits per heavy atom. The summed E-state index contributed by atoms with van der Waals surface area (Å²) < 4.78 is 10.9. The summed E-state index contributed by atoms with van der Waals surface area (Å²) in [6.45, 7) is 0. The van der Waals surface area contributed by atoms with Crippen LogP contribution in [-0.2, 0) is 4.74 Å². The van der Waals surface area contributed by atoms with E-state index < -0.39 is 16.1 Å². The van der Waals surface area contributed by atoms with Gasteiger partial charge in [-0.15, -0.1) is 0 Å². The van der Waals surface area contributed by atoms with Gasteiger partial charge < -0.3 is 9.47 Å². The van der Waals surface area contributed by atoms with Gasteiger partial charge in [0.2, 0.25) is 0 Å². The van der Waals surface area contributed by atoms with E-state index in [9.17, 15) is 0 Å². The largest absolute Gasteiger partial charge is 0.506 e.